The van der Waals surface area contributed by atoms with Crippen molar-refractivity contribution in [2.24, 2.45) is 0 Å². The lowest BCUT2D eigenvalue weighted by Crippen LogP contribution is -2.59. The molecule has 2 saturated heterocycles. The number of rotatable bonds is 6. The minimum atomic E-state index is -0.947. The van der Waals surface area contributed by atoms with Gasteiger partial charge >= 0.3 is 0 Å². The van der Waals surface area contributed by atoms with Gasteiger partial charge in [-0.15, -0.1) is 0 Å². The van der Waals surface area contributed by atoms with Crippen molar-refractivity contribution in [1.82, 2.24) is 15.1 Å². The van der Waals surface area contributed by atoms with Crippen LogP contribution in [0.15, 0.2) is 78.9 Å². The molecule has 7 nitrogen and oxygen atoms in total. The van der Waals surface area contributed by atoms with Gasteiger partial charge in [0.05, 0.1) is 6.61 Å². The number of piperidine rings is 1. The lowest BCUT2D eigenvalue weighted by Gasteiger charge is -2.44. The van der Waals surface area contributed by atoms with Gasteiger partial charge in [-0.05, 0) is 48.2 Å². The Balaban J connectivity index is 1.36. The third-order valence-electron chi connectivity index (χ3n) is 7.91. The molecule has 2 fully saturated rings. The van der Waals surface area contributed by atoms with Crippen LogP contribution in [-0.2, 0) is 22.5 Å². The molecule has 202 valence electrons. The third-order valence-corrected chi connectivity index (χ3v) is 7.91. The maximum atomic E-state index is 14.0. The summed E-state index contributed by atoms with van der Waals surface area (Å²) in [5, 5.41) is 2.99. The number of hydrogen-bond donors (Lipinski definition) is 1. The molecular weight excluding hydrogens is 490 g/mol. The first-order chi connectivity index (χ1) is 18.9. The number of hydrogen-bond acceptors (Lipinski definition) is 4. The maximum Gasteiger partial charge on any atom is 0.257 e. The number of aryl methyl sites for hydroxylation is 2. The second kappa shape index (κ2) is 11.4. The highest BCUT2D eigenvalue weighted by Crippen LogP contribution is 2.39. The predicted octanol–water partition coefficient (Wildman–Crippen LogP) is 4.35. The van der Waals surface area contributed by atoms with Crippen molar-refractivity contribution in [2.75, 3.05) is 19.7 Å². The molecule has 1 atom stereocenters. The molecule has 1 N–H and O–H groups in total. The predicted molar refractivity (Wildman–Crippen MR) is 149 cm³/mol. The smallest absolute Gasteiger partial charge is 0.257 e. The number of nitrogens with one attached hydrogen (secondary N) is 1. The van der Waals surface area contributed by atoms with Crippen LogP contribution in [0.3, 0.4) is 0 Å². The molecule has 3 aromatic carbocycles. The van der Waals surface area contributed by atoms with E-state index in [4.69, 9.17) is 4.74 Å². The van der Waals surface area contributed by atoms with Crippen molar-refractivity contribution in [3.8, 4) is 0 Å². The Bertz CT molecular complexity index is 1330. The molecule has 0 radical (unpaired) electrons. The monoisotopic (exact) mass is 525 g/mol. The number of carbonyl (C=O) groups is 3. The normalized spacial score (nSPS) is 18.3. The topological polar surface area (TPSA) is 79.0 Å². The van der Waals surface area contributed by atoms with Crippen LogP contribution >= 0.6 is 0 Å². The summed E-state index contributed by atoms with van der Waals surface area (Å²) in [4.78, 5) is 44.1. The highest BCUT2D eigenvalue weighted by Gasteiger charge is 2.54. The Morgan fingerprint density at radius 2 is 1.54 bits per heavy atom. The number of benzene rings is 3. The second-order valence-corrected chi connectivity index (χ2v) is 10.3. The van der Waals surface area contributed by atoms with Crippen molar-refractivity contribution in [2.45, 2.75) is 51.4 Å². The van der Waals surface area contributed by atoms with E-state index >= 15 is 0 Å². The van der Waals surface area contributed by atoms with Gasteiger partial charge in [0.2, 0.25) is 5.91 Å². The summed E-state index contributed by atoms with van der Waals surface area (Å²) in [6.07, 6.45) is 1.79. The highest BCUT2D eigenvalue weighted by atomic mass is 16.5. The van der Waals surface area contributed by atoms with Crippen LogP contribution in [0.4, 0.5) is 0 Å². The van der Waals surface area contributed by atoms with Crippen LogP contribution in [0.25, 0.3) is 0 Å². The Hall–Kier alpha value is -3.97. The standard InChI is InChI=1S/C32H35N3O4/c1-3-24-13-15-26(16-14-24)30(37)34-19-17-32(18-20-34)35(31(38)27-12-8-7-9-23(27)2)28(22-39-32)29(36)33-21-25-10-5-4-6-11-25/h4-16,28H,3,17-22H2,1-2H3,(H,33,36). The summed E-state index contributed by atoms with van der Waals surface area (Å²) in [7, 11) is 0. The quantitative estimate of drug-likeness (QED) is 0.519. The lowest BCUT2D eigenvalue weighted by atomic mass is 9.95. The van der Waals surface area contributed by atoms with E-state index in [0.717, 1.165) is 17.5 Å². The van der Waals surface area contributed by atoms with E-state index in [2.05, 4.69) is 12.2 Å². The first kappa shape index (κ1) is 26.6. The van der Waals surface area contributed by atoms with E-state index in [9.17, 15) is 14.4 Å². The van der Waals surface area contributed by atoms with Crippen LogP contribution < -0.4 is 5.32 Å². The molecule has 2 aliphatic rings. The van der Waals surface area contributed by atoms with Crippen LogP contribution in [0.2, 0.25) is 0 Å². The largest absolute Gasteiger partial charge is 0.353 e. The van der Waals surface area contributed by atoms with Gasteiger partial charge in [-0.1, -0.05) is 67.6 Å². The van der Waals surface area contributed by atoms with Crippen LogP contribution in [-0.4, -0.2) is 59.0 Å². The molecule has 2 aliphatic heterocycles. The van der Waals surface area contributed by atoms with Crippen LogP contribution in [0, 0.1) is 6.92 Å². The number of nitrogens with zero attached hydrogens (tertiary/aromatic N) is 2. The van der Waals surface area contributed by atoms with Gasteiger partial charge in [0, 0.05) is 43.6 Å². The molecule has 3 amide bonds. The fourth-order valence-electron chi connectivity index (χ4n) is 5.54. The van der Waals surface area contributed by atoms with Gasteiger partial charge in [-0.3, -0.25) is 19.3 Å². The molecule has 7 heteroatoms. The zero-order valence-corrected chi connectivity index (χ0v) is 22.6. The molecule has 0 aliphatic carbocycles. The molecule has 0 bridgehead atoms. The van der Waals surface area contributed by atoms with Gasteiger partial charge in [0.25, 0.3) is 11.8 Å². The van der Waals surface area contributed by atoms with Gasteiger partial charge in [-0.25, -0.2) is 0 Å². The molecule has 2 heterocycles. The van der Waals surface area contributed by atoms with Crippen molar-refractivity contribution in [3.63, 3.8) is 0 Å². The van der Waals surface area contributed by atoms with E-state index in [1.54, 1.807) is 11.0 Å². The molecule has 0 aromatic heterocycles. The first-order valence-corrected chi connectivity index (χ1v) is 13.6. The number of likely N-dealkylation sites (tertiary alicyclic amines) is 1. The van der Waals surface area contributed by atoms with Crippen LogP contribution in [0.5, 0.6) is 0 Å². The van der Waals surface area contributed by atoms with Gasteiger partial charge in [0.1, 0.15) is 11.8 Å². The average Bonchev–Trinajstić information content (AvgIpc) is 3.34. The minimum absolute atomic E-state index is 0.0283. The van der Waals surface area contributed by atoms with E-state index in [1.165, 1.54) is 5.56 Å². The fourth-order valence-corrected chi connectivity index (χ4v) is 5.54. The molecule has 3 aromatic rings. The Morgan fingerprint density at radius 1 is 0.872 bits per heavy atom. The fraction of sp³-hybridized carbons (Fsp3) is 0.344. The summed E-state index contributed by atoms with van der Waals surface area (Å²) in [6.45, 7) is 5.34. The SMILES string of the molecule is CCc1ccc(C(=O)N2CCC3(CC2)OCC(C(=O)NCc2ccccc2)N3C(=O)c2ccccc2C)cc1. The number of carbonyl (C=O) groups excluding carboxylic acids is 3. The van der Waals surface area contributed by atoms with E-state index in [1.807, 2.05) is 84.6 Å². The second-order valence-electron chi connectivity index (χ2n) is 10.3. The molecule has 1 unspecified atom stereocenters. The Labute approximate surface area is 229 Å². The summed E-state index contributed by atoms with van der Waals surface area (Å²) >= 11 is 0. The van der Waals surface area contributed by atoms with Crippen molar-refractivity contribution < 1.29 is 19.1 Å². The van der Waals surface area contributed by atoms with Gasteiger partial charge in [0.15, 0.2) is 0 Å². The Morgan fingerprint density at radius 3 is 2.21 bits per heavy atom. The Kier molecular flexibility index (Phi) is 7.79. The molecule has 0 saturated carbocycles. The van der Waals surface area contributed by atoms with Crippen molar-refractivity contribution in [3.05, 3.63) is 107 Å². The van der Waals surface area contributed by atoms with Gasteiger partial charge < -0.3 is 15.0 Å². The summed E-state index contributed by atoms with van der Waals surface area (Å²) in [6, 6.07) is 24.1. The van der Waals surface area contributed by atoms with Gasteiger partial charge in [-0.2, -0.15) is 0 Å². The van der Waals surface area contributed by atoms with E-state index < -0.39 is 11.8 Å². The molecule has 39 heavy (non-hydrogen) atoms. The lowest BCUT2D eigenvalue weighted by molar-refractivity contribution is -0.128. The molecule has 5 rings (SSSR count). The van der Waals surface area contributed by atoms with E-state index in [0.29, 0.717) is 43.6 Å². The van der Waals surface area contributed by atoms with Crippen molar-refractivity contribution >= 4 is 17.7 Å². The minimum Gasteiger partial charge on any atom is -0.353 e. The zero-order valence-electron chi connectivity index (χ0n) is 22.6. The first-order valence-electron chi connectivity index (χ1n) is 13.6. The number of ether oxygens (including phenoxy) is 1. The third kappa shape index (κ3) is 5.45. The molecular formula is C32H35N3O4. The summed E-state index contributed by atoms with van der Waals surface area (Å²) < 4.78 is 6.33. The van der Waals surface area contributed by atoms with Crippen molar-refractivity contribution in [1.29, 1.82) is 0 Å². The summed E-state index contributed by atoms with van der Waals surface area (Å²) in [5.41, 5.74) is 3.27. The average molecular weight is 526 g/mol. The molecule has 1 spiro atoms. The van der Waals surface area contributed by atoms with E-state index in [-0.39, 0.29) is 24.3 Å². The zero-order chi connectivity index (χ0) is 27.4. The number of amides is 3. The summed E-state index contributed by atoms with van der Waals surface area (Å²) in [5.74, 6) is -0.494. The maximum absolute atomic E-state index is 14.0. The highest BCUT2D eigenvalue weighted by molar-refractivity contribution is 5.99. The van der Waals surface area contributed by atoms with Crippen LogP contribution in [0.1, 0.15) is 57.2 Å².